The first-order chi connectivity index (χ1) is 10.1. The Morgan fingerprint density at radius 1 is 1.24 bits per heavy atom. The van der Waals surface area contributed by atoms with Crippen LogP contribution in [0.4, 0.5) is 5.82 Å². The molecule has 2 aromatic rings. The van der Waals surface area contributed by atoms with Gasteiger partial charge >= 0.3 is 0 Å². The number of nitrogens with zero attached hydrogens (tertiary/aromatic N) is 2. The van der Waals surface area contributed by atoms with Gasteiger partial charge in [0.25, 0.3) is 0 Å². The molecule has 2 atom stereocenters. The van der Waals surface area contributed by atoms with Crippen LogP contribution in [-0.2, 0) is 4.74 Å². The molecule has 1 aliphatic rings. The molecule has 0 saturated carbocycles. The minimum absolute atomic E-state index is 0.226. The molecule has 1 aromatic heterocycles. The summed E-state index contributed by atoms with van der Waals surface area (Å²) >= 11 is 0. The summed E-state index contributed by atoms with van der Waals surface area (Å²) in [4.78, 5) is 7.15. The van der Waals surface area contributed by atoms with Crippen molar-refractivity contribution in [3.05, 3.63) is 29.8 Å². The van der Waals surface area contributed by atoms with Gasteiger partial charge in [0.15, 0.2) is 0 Å². The monoisotopic (exact) mass is 286 g/mol. The van der Waals surface area contributed by atoms with Crippen LogP contribution in [0.15, 0.2) is 24.3 Å². The van der Waals surface area contributed by atoms with Crippen molar-refractivity contribution < 1.29 is 9.47 Å². The maximum absolute atomic E-state index is 5.81. The third kappa shape index (κ3) is 2.68. The molecule has 0 aliphatic carbocycles. The van der Waals surface area contributed by atoms with Crippen molar-refractivity contribution in [2.75, 3.05) is 25.1 Å². The molecule has 1 aromatic carbocycles. The Kier molecular flexibility index (Phi) is 3.72. The number of hydrogen-bond acceptors (Lipinski definition) is 4. The number of aromatic nitrogens is 1. The highest BCUT2D eigenvalue weighted by molar-refractivity contribution is 5.88. The minimum Gasteiger partial charge on any atom is -0.494 e. The number of aryl methyl sites for hydroxylation is 1. The third-order valence-electron chi connectivity index (χ3n) is 3.96. The van der Waals surface area contributed by atoms with E-state index in [0.717, 1.165) is 35.6 Å². The molecule has 4 nitrogen and oxygen atoms in total. The molecule has 4 heteroatoms. The number of hydrogen-bond donors (Lipinski definition) is 0. The molecule has 0 radical (unpaired) electrons. The lowest BCUT2D eigenvalue weighted by Gasteiger charge is -2.36. The standard InChI is InChI=1S/C17H22N2O2/c1-11-8-16(19-9-12(2)21-13(3)10-19)18-17-14(11)6-5-7-15(17)20-4/h5-8,12-13H,9-10H2,1-4H3/t12-,13+. The Hall–Kier alpha value is -1.81. The second-order valence-corrected chi connectivity index (χ2v) is 5.82. The largest absolute Gasteiger partial charge is 0.494 e. The lowest BCUT2D eigenvalue weighted by Crippen LogP contribution is -2.45. The number of para-hydroxylation sites is 1. The van der Waals surface area contributed by atoms with E-state index in [1.54, 1.807) is 7.11 Å². The fourth-order valence-corrected chi connectivity index (χ4v) is 3.07. The molecule has 112 valence electrons. The quantitative estimate of drug-likeness (QED) is 0.849. The second kappa shape index (κ2) is 5.53. The highest BCUT2D eigenvalue weighted by atomic mass is 16.5. The summed E-state index contributed by atoms with van der Waals surface area (Å²) in [5.74, 6) is 1.83. The Morgan fingerprint density at radius 3 is 2.62 bits per heavy atom. The van der Waals surface area contributed by atoms with Gasteiger partial charge in [-0.1, -0.05) is 12.1 Å². The summed E-state index contributed by atoms with van der Waals surface area (Å²) in [5.41, 5.74) is 2.16. The molecule has 0 unspecified atom stereocenters. The van der Waals surface area contributed by atoms with Crippen LogP contribution in [-0.4, -0.2) is 37.4 Å². The summed E-state index contributed by atoms with van der Waals surface area (Å²) in [7, 11) is 1.69. The van der Waals surface area contributed by atoms with Gasteiger partial charge in [0, 0.05) is 18.5 Å². The predicted molar refractivity (Wildman–Crippen MR) is 85.3 cm³/mol. The summed E-state index contributed by atoms with van der Waals surface area (Å²) < 4.78 is 11.3. The topological polar surface area (TPSA) is 34.6 Å². The maximum atomic E-state index is 5.81. The molecule has 0 spiro atoms. The third-order valence-corrected chi connectivity index (χ3v) is 3.96. The number of methoxy groups -OCH3 is 1. The van der Waals surface area contributed by atoms with Crippen LogP contribution in [0.5, 0.6) is 5.75 Å². The average Bonchev–Trinajstić information content (AvgIpc) is 2.45. The van der Waals surface area contributed by atoms with Gasteiger partial charge in [0.05, 0.1) is 19.3 Å². The van der Waals surface area contributed by atoms with Crippen molar-refractivity contribution in [3.8, 4) is 5.75 Å². The normalized spacial score (nSPS) is 22.6. The van der Waals surface area contributed by atoms with E-state index in [1.165, 1.54) is 5.56 Å². The summed E-state index contributed by atoms with van der Waals surface area (Å²) in [6.07, 6.45) is 0.452. The van der Waals surface area contributed by atoms with Crippen molar-refractivity contribution in [1.82, 2.24) is 4.98 Å². The number of rotatable bonds is 2. The SMILES string of the molecule is COc1cccc2c(C)cc(N3C[C@@H](C)O[C@@H](C)C3)nc12. The van der Waals surface area contributed by atoms with Crippen LogP contribution in [0.25, 0.3) is 10.9 Å². The Balaban J connectivity index is 2.07. The number of benzene rings is 1. The van der Waals surface area contributed by atoms with E-state index in [4.69, 9.17) is 14.5 Å². The van der Waals surface area contributed by atoms with Crippen molar-refractivity contribution in [2.45, 2.75) is 33.0 Å². The van der Waals surface area contributed by atoms with E-state index in [1.807, 2.05) is 12.1 Å². The van der Waals surface area contributed by atoms with Gasteiger partial charge in [-0.05, 0) is 38.5 Å². The summed E-state index contributed by atoms with van der Waals surface area (Å²) in [6.45, 7) is 8.09. The molecule has 1 saturated heterocycles. The molecule has 0 N–H and O–H groups in total. The lowest BCUT2D eigenvalue weighted by molar-refractivity contribution is -0.00544. The molecule has 2 heterocycles. The lowest BCUT2D eigenvalue weighted by atomic mass is 10.1. The van der Waals surface area contributed by atoms with Gasteiger partial charge in [-0.15, -0.1) is 0 Å². The average molecular weight is 286 g/mol. The first-order valence-electron chi connectivity index (χ1n) is 7.43. The van der Waals surface area contributed by atoms with Gasteiger partial charge in [0.2, 0.25) is 0 Å². The number of morpholine rings is 1. The zero-order valence-electron chi connectivity index (χ0n) is 13.1. The van der Waals surface area contributed by atoms with Gasteiger partial charge in [-0.2, -0.15) is 0 Å². The van der Waals surface area contributed by atoms with Gasteiger partial charge in [-0.25, -0.2) is 4.98 Å². The van der Waals surface area contributed by atoms with Crippen molar-refractivity contribution in [1.29, 1.82) is 0 Å². The molecular weight excluding hydrogens is 264 g/mol. The molecule has 21 heavy (non-hydrogen) atoms. The fourth-order valence-electron chi connectivity index (χ4n) is 3.07. The number of anilines is 1. The molecular formula is C17H22N2O2. The Bertz CT molecular complexity index is 647. The molecule has 1 aliphatic heterocycles. The van der Waals surface area contributed by atoms with Crippen LogP contribution in [0, 0.1) is 6.92 Å². The summed E-state index contributed by atoms with van der Waals surface area (Å²) in [6, 6.07) is 8.22. The first kappa shape index (κ1) is 14.1. The van der Waals surface area contributed by atoms with Gasteiger partial charge in [0.1, 0.15) is 17.1 Å². The van der Waals surface area contributed by atoms with Crippen LogP contribution in [0.2, 0.25) is 0 Å². The minimum atomic E-state index is 0.226. The van der Waals surface area contributed by atoms with E-state index in [0.29, 0.717) is 0 Å². The Labute approximate surface area is 125 Å². The highest BCUT2D eigenvalue weighted by Crippen LogP contribution is 2.30. The van der Waals surface area contributed by atoms with E-state index >= 15 is 0 Å². The number of pyridine rings is 1. The van der Waals surface area contributed by atoms with E-state index < -0.39 is 0 Å². The van der Waals surface area contributed by atoms with E-state index in [9.17, 15) is 0 Å². The molecule has 3 rings (SSSR count). The van der Waals surface area contributed by atoms with Crippen molar-refractivity contribution in [2.24, 2.45) is 0 Å². The van der Waals surface area contributed by atoms with E-state index in [2.05, 4.69) is 37.8 Å². The van der Waals surface area contributed by atoms with E-state index in [-0.39, 0.29) is 12.2 Å². The second-order valence-electron chi connectivity index (χ2n) is 5.82. The van der Waals surface area contributed by atoms with Crippen LogP contribution >= 0.6 is 0 Å². The zero-order valence-corrected chi connectivity index (χ0v) is 13.1. The fraction of sp³-hybridized carbons (Fsp3) is 0.471. The van der Waals surface area contributed by atoms with Gasteiger partial charge < -0.3 is 14.4 Å². The molecule has 0 bridgehead atoms. The summed E-state index contributed by atoms with van der Waals surface area (Å²) in [5, 5.41) is 1.15. The molecule has 1 fully saturated rings. The molecule has 0 amide bonds. The van der Waals surface area contributed by atoms with Crippen molar-refractivity contribution in [3.63, 3.8) is 0 Å². The first-order valence-corrected chi connectivity index (χ1v) is 7.43. The Morgan fingerprint density at radius 2 is 1.95 bits per heavy atom. The highest BCUT2D eigenvalue weighted by Gasteiger charge is 2.23. The predicted octanol–water partition coefficient (Wildman–Crippen LogP) is 3.17. The van der Waals surface area contributed by atoms with Crippen LogP contribution in [0.3, 0.4) is 0 Å². The van der Waals surface area contributed by atoms with Gasteiger partial charge in [-0.3, -0.25) is 0 Å². The zero-order chi connectivity index (χ0) is 15.0. The maximum Gasteiger partial charge on any atom is 0.145 e. The van der Waals surface area contributed by atoms with Crippen LogP contribution in [0.1, 0.15) is 19.4 Å². The smallest absolute Gasteiger partial charge is 0.145 e. The number of ether oxygens (including phenoxy) is 2. The number of fused-ring (bicyclic) bond motifs is 1. The van der Waals surface area contributed by atoms with Crippen LogP contribution < -0.4 is 9.64 Å². The van der Waals surface area contributed by atoms with Crippen molar-refractivity contribution >= 4 is 16.7 Å².